The third-order valence-electron chi connectivity index (χ3n) is 9.74. The van der Waals surface area contributed by atoms with Crippen molar-refractivity contribution >= 4 is 85.9 Å². The van der Waals surface area contributed by atoms with E-state index in [-0.39, 0.29) is 22.0 Å². The van der Waals surface area contributed by atoms with E-state index >= 15 is 33.7 Å². The molecule has 3 aromatic heterocycles. The van der Waals surface area contributed by atoms with Gasteiger partial charge in [-0.3, -0.25) is 0 Å². The second-order valence-corrected chi connectivity index (χ2v) is 21.1. The molecule has 2 aliphatic rings. The fourth-order valence-electron chi connectivity index (χ4n) is 7.04. The van der Waals surface area contributed by atoms with E-state index in [1.54, 1.807) is 54.6 Å². The molecule has 7 aromatic rings. The minimum absolute atomic E-state index is 0.0367. The lowest BCUT2D eigenvalue weighted by atomic mass is 10.3. The minimum atomic E-state index is -5.18. The maximum atomic E-state index is 15.5. The van der Waals surface area contributed by atoms with Gasteiger partial charge in [-0.15, -0.1) is 0 Å². The Morgan fingerprint density at radius 3 is 1.30 bits per heavy atom. The molecule has 0 spiro atoms. The highest BCUT2D eigenvalue weighted by atomic mass is 32.2. The van der Waals surface area contributed by atoms with Gasteiger partial charge in [0.25, 0.3) is 10.0 Å². The van der Waals surface area contributed by atoms with Gasteiger partial charge in [0.2, 0.25) is 29.5 Å². The molecule has 4 aromatic carbocycles. The normalized spacial score (nSPS) is 13.1. The maximum absolute atomic E-state index is 15.5. The predicted molar refractivity (Wildman–Crippen MR) is 227 cm³/mol. The van der Waals surface area contributed by atoms with Gasteiger partial charge in [-0.25, -0.2) is 47.6 Å². The number of sulfone groups is 3. The SMILES string of the molecule is O=S(=O)(c1ccccc1)c1c(S(=O)(=O)c2ccccc2)c2c(S(=O)(=O)c3ccccc3)c3nc(cc4ccc(cc5nc(cc1n2S(=O)(=O)c1ccccc1)C=C5)[nH]4)C=C3. The summed E-state index contributed by atoms with van der Waals surface area (Å²) in [5.74, 6) is 0. The molecule has 0 atom stereocenters. The van der Waals surface area contributed by atoms with Crippen molar-refractivity contribution in [1.82, 2.24) is 18.9 Å². The summed E-state index contributed by atoms with van der Waals surface area (Å²) in [7, 11) is -20.4. The Morgan fingerprint density at radius 2 is 0.800 bits per heavy atom. The lowest BCUT2D eigenvalue weighted by Crippen LogP contribution is -2.16. The molecule has 2 aliphatic heterocycles. The summed E-state index contributed by atoms with van der Waals surface area (Å²) >= 11 is 0. The summed E-state index contributed by atoms with van der Waals surface area (Å²) in [6.07, 6.45) is 5.93. The molecule has 9 rings (SSSR count). The summed E-state index contributed by atoms with van der Waals surface area (Å²) in [4.78, 5) is 8.00. The van der Waals surface area contributed by atoms with E-state index < -0.39 is 79.9 Å². The summed E-state index contributed by atoms with van der Waals surface area (Å²) in [6, 6.07) is 35.6. The number of hydrogen-bond acceptors (Lipinski definition) is 10. The number of nitrogens with one attached hydrogen (secondary N) is 1. The molecular formula is C44H30N4O8S4. The van der Waals surface area contributed by atoms with Crippen LogP contribution in [0.5, 0.6) is 0 Å². The minimum Gasteiger partial charge on any atom is -0.355 e. The molecule has 0 saturated heterocycles. The Hall–Kier alpha value is -6.72. The van der Waals surface area contributed by atoms with Crippen LogP contribution in [-0.4, -0.2) is 52.6 Å². The van der Waals surface area contributed by atoms with E-state index in [0.717, 1.165) is 6.07 Å². The molecular weight excluding hydrogens is 841 g/mol. The number of aromatic nitrogens is 4. The molecule has 0 unspecified atom stereocenters. The van der Waals surface area contributed by atoms with E-state index in [9.17, 15) is 0 Å². The summed E-state index contributed by atoms with van der Waals surface area (Å²) in [6.45, 7) is 0. The number of aromatic amines is 1. The number of fused-ring (bicyclic) bond motifs is 8. The smallest absolute Gasteiger partial charge is 0.268 e. The molecule has 5 heterocycles. The summed E-state index contributed by atoms with van der Waals surface area (Å²) in [5.41, 5.74) is -0.159. The van der Waals surface area contributed by atoms with Crippen LogP contribution in [0.2, 0.25) is 0 Å². The fraction of sp³-hybridized carbons (Fsp3) is 0. The van der Waals surface area contributed by atoms with Crippen LogP contribution in [0.4, 0.5) is 0 Å². The first-order chi connectivity index (χ1) is 28.8. The molecule has 0 amide bonds. The summed E-state index contributed by atoms with van der Waals surface area (Å²) in [5, 5.41) is 0. The van der Waals surface area contributed by atoms with Crippen LogP contribution < -0.4 is 0 Å². The van der Waals surface area contributed by atoms with Crippen LogP contribution in [0.3, 0.4) is 0 Å². The van der Waals surface area contributed by atoms with Gasteiger partial charge in [0, 0.05) is 11.0 Å². The molecule has 8 bridgehead atoms. The molecule has 298 valence electrons. The van der Waals surface area contributed by atoms with Gasteiger partial charge in [0.05, 0.1) is 53.4 Å². The second kappa shape index (κ2) is 14.5. The number of rotatable bonds is 8. The molecule has 16 heteroatoms. The molecule has 0 saturated carbocycles. The molecule has 60 heavy (non-hydrogen) atoms. The second-order valence-electron chi connectivity index (χ2n) is 13.6. The number of benzene rings is 4. The van der Waals surface area contributed by atoms with Crippen LogP contribution >= 0.6 is 0 Å². The van der Waals surface area contributed by atoms with Crippen molar-refractivity contribution in [3.05, 3.63) is 174 Å². The third-order valence-corrected chi connectivity index (χ3v) is 17.1. The Bertz CT molecular complexity index is 3570. The van der Waals surface area contributed by atoms with Gasteiger partial charge >= 0.3 is 0 Å². The first-order valence-electron chi connectivity index (χ1n) is 18.1. The molecule has 12 nitrogen and oxygen atoms in total. The largest absolute Gasteiger partial charge is 0.355 e. The van der Waals surface area contributed by atoms with Gasteiger partial charge in [-0.1, -0.05) is 72.8 Å². The summed E-state index contributed by atoms with van der Waals surface area (Å²) < 4.78 is 124. The first-order valence-corrected chi connectivity index (χ1v) is 24.0. The zero-order chi connectivity index (χ0) is 41.9. The van der Waals surface area contributed by atoms with E-state index in [4.69, 9.17) is 0 Å². The average molecular weight is 871 g/mol. The van der Waals surface area contributed by atoms with Gasteiger partial charge in [-0.05, 0) is 103 Å². The Kier molecular flexibility index (Phi) is 9.39. The number of nitrogens with zero attached hydrogens (tertiary/aromatic N) is 3. The van der Waals surface area contributed by atoms with Crippen molar-refractivity contribution in [2.45, 2.75) is 34.3 Å². The number of H-pyrrole nitrogens is 1. The van der Waals surface area contributed by atoms with Gasteiger partial charge in [0.1, 0.15) is 14.7 Å². The quantitative estimate of drug-likeness (QED) is 0.158. The van der Waals surface area contributed by atoms with Gasteiger partial charge in [0.15, 0.2) is 0 Å². The Balaban J connectivity index is 1.68. The fourth-order valence-corrected chi connectivity index (χ4v) is 14.1. The number of hydrogen-bond donors (Lipinski definition) is 1. The van der Waals surface area contributed by atoms with E-state index in [2.05, 4.69) is 15.0 Å². The van der Waals surface area contributed by atoms with Gasteiger partial charge in [-0.2, -0.15) is 0 Å². The molecule has 0 aliphatic carbocycles. The molecule has 0 fully saturated rings. The predicted octanol–water partition coefficient (Wildman–Crippen LogP) is 7.86. The molecule has 1 N–H and O–H groups in total. The standard InChI is InChI=1S/C44H30N4O8S4/c49-57(50,35-13-5-1-6-14-35)42-39-26-25-33(47-39)28-32-22-21-30(45-32)27-31-23-24-34(46-31)29-40-43(58(51,52)36-15-7-2-8-16-36)44(59(53,54)37-17-9-3-10-18-37)41(42)48(40)60(55,56)38-19-11-4-12-20-38/h1-29,45H. The van der Waals surface area contributed by atoms with Crippen LogP contribution in [0, 0.1) is 0 Å². The van der Waals surface area contributed by atoms with Crippen LogP contribution in [0.1, 0.15) is 22.8 Å². The zero-order valence-electron chi connectivity index (χ0n) is 31.0. The van der Waals surface area contributed by atoms with Crippen LogP contribution in [0.15, 0.2) is 186 Å². The Morgan fingerprint density at radius 1 is 0.400 bits per heavy atom. The maximum Gasteiger partial charge on any atom is 0.268 e. The van der Waals surface area contributed by atoms with E-state index in [1.807, 2.05) is 0 Å². The van der Waals surface area contributed by atoms with Crippen molar-refractivity contribution < 1.29 is 33.7 Å². The van der Waals surface area contributed by atoms with Crippen molar-refractivity contribution in [2.75, 3.05) is 0 Å². The van der Waals surface area contributed by atoms with Crippen molar-refractivity contribution in [1.29, 1.82) is 0 Å². The average Bonchev–Trinajstić information content (AvgIpc) is 4.07. The Labute approximate surface area is 345 Å². The van der Waals surface area contributed by atoms with E-state index in [1.165, 1.54) is 115 Å². The monoisotopic (exact) mass is 870 g/mol. The lowest BCUT2D eigenvalue weighted by Gasteiger charge is -2.14. The molecule has 0 radical (unpaired) electrons. The van der Waals surface area contributed by atoms with Gasteiger partial charge < -0.3 is 4.98 Å². The van der Waals surface area contributed by atoms with Crippen LogP contribution in [0.25, 0.3) is 46.4 Å². The third kappa shape index (κ3) is 6.59. The first kappa shape index (κ1) is 38.8. The van der Waals surface area contributed by atoms with Crippen LogP contribution in [-0.2, 0) is 39.5 Å². The highest BCUT2D eigenvalue weighted by Crippen LogP contribution is 2.45. The highest BCUT2D eigenvalue weighted by Gasteiger charge is 2.43. The highest BCUT2D eigenvalue weighted by molar-refractivity contribution is 7.95. The zero-order valence-corrected chi connectivity index (χ0v) is 34.2. The van der Waals surface area contributed by atoms with Crippen molar-refractivity contribution in [2.24, 2.45) is 0 Å². The lowest BCUT2D eigenvalue weighted by molar-refractivity contribution is 0.584. The van der Waals surface area contributed by atoms with Crippen molar-refractivity contribution in [3.8, 4) is 0 Å². The topological polar surface area (TPSA) is 183 Å². The van der Waals surface area contributed by atoms with Crippen molar-refractivity contribution in [3.63, 3.8) is 0 Å². The van der Waals surface area contributed by atoms with E-state index in [0.29, 0.717) is 20.7 Å².